The molecule has 0 aromatic heterocycles. The van der Waals surface area contributed by atoms with E-state index in [1.165, 1.54) is 0 Å². The van der Waals surface area contributed by atoms with Crippen LogP contribution in [0.3, 0.4) is 0 Å². The van der Waals surface area contributed by atoms with Crippen molar-refractivity contribution >= 4 is 19.0 Å². The van der Waals surface area contributed by atoms with Crippen molar-refractivity contribution in [3.63, 3.8) is 0 Å². The van der Waals surface area contributed by atoms with Crippen LogP contribution >= 0.6 is 7.60 Å². The molecule has 0 radical (unpaired) electrons. The number of benzene rings is 1. The van der Waals surface area contributed by atoms with E-state index >= 15 is 0 Å². The Balaban J connectivity index is 3.04. The number of halogens is 3. The molecule has 0 amide bonds. The van der Waals surface area contributed by atoms with Gasteiger partial charge in [-0.1, -0.05) is 0 Å². The molecule has 1 aromatic rings. The molecule has 0 aliphatic rings. The van der Waals surface area contributed by atoms with E-state index in [-0.39, 0.29) is 18.9 Å². The molecule has 1 N–H and O–H groups in total. The number of nitro benzene ring substituents is 1. The zero-order valence-corrected chi connectivity index (χ0v) is 13.3. The molecule has 0 saturated carbocycles. The Labute approximate surface area is 130 Å². The molecule has 1 rings (SSSR count). The highest BCUT2D eigenvalue weighted by Gasteiger charge is 2.33. The van der Waals surface area contributed by atoms with Crippen molar-refractivity contribution in [2.45, 2.75) is 20.0 Å². The van der Waals surface area contributed by atoms with Crippen LogP contribution < -0.4 is 5.32 Å². The van der Waals surface area contributed by atoms with Gasteiger partial charge in [0.1, 0.15) is 12.0 Å². The van der Waals surface area contributed by atoms with Gasteiger partial charge in [0, 0.05) is 6.07 Å². The Bertz CT molecular complexity index is 599. The first-order valence-electron chi connectivity index (χ1n) is 6.60. The molecule has 0 saturated heterocycles. The first-order valence-corrected chi connectivity index (χ1v) is 8.33. The van der Waals surface area contributed by atoms with Crippen molar-refractivity contribution in [3.05, 3.63) is 33.9 Å². The molecule has 7 nitrogen and oxygen atoms in total. The summed E-state index contributed by atoms with van der Waals surface area (Å²) in [4.78, 5) is 9.99. The van der Waals surface area contributed by atoms with E-state index in [2.05, 4.69) is 5.32 Å². The van der Waals surface area contributed by atoms with Gasteiger partial charge in [-0.25, -0.2) is 0 Å². The third-order valence-corrected chi connectivity index (χ3v) is 4.49. The number of alkyl halides is 3. The number of nitro groups is 1. The van der Waals surface area contributed by atoms with Crippen molar-refractivity contribution in [2.24, 2.45) is 0 Å². The summed E-state index contributed by atoms with van der Waals surface area (Å²) in [6, 6.07) is 2.01. The van der Waals surface area contributed by atoms with Gasteiger partial charge in [0.05, 0.1) is 23.7 Å². The van der Waals surface area contributed by atoms with Crippen LogP contribution in [0.1, 0.15) is 19.4 Å². The van der Waals surface area contributed by atoms with E-state index in [0.717, 1.165) is 6.07 Å². The summed E-state index contributed by atoms with van der Waals surface area (Å²) in [5.41, 5.74) is -2.13. The van der Waals surface area contributed by atoms with Crippen molar-refractivity contribution in [3.8, 4) is 0 Å². The zero-order chi connectivity index (χ0) is 17.7. The highest BCUT2D eigenvalue weighted by Crippen LogP contribution is 2.48. The summed E-state index contributed by atoms with van der Waals surface area (Å²) in [7, 11) is -3.54. The lowest BCUT2D eigenvalue weighted by atomic mass is 10.1. The number of nitrogens with one attached hydrogen (secondary N) is 1. The van der Waals surface area contributed by atoms with Gasteiger partial charge < -0.3 is 14.4 Å². The Morgan fingerprint density at radius 2 is 1.83 bits per heavy atom. The summed E-state index contributed by atoms with van der Waals surface area (Å²) < 4.78 is 60.1. The van der Waals surface area contributed by atoms with Crippen LogP contribution in [0.4, 0.5) is 24.5 Å². The van der Waals surface area contributed by atoms with Crippen molar-refractivity contribution in [1.82, 2.24) is 0 Å². The molecular weight excluding hydrogens is 340 g/mol. The van der Waals surface area contributed by atoms with Crippen LogP contribution in [-0.4, -0.2) is 24.4 Å². The van der Waals surface area contributed by atoms with Gasteiger partial charge >= 0.3 is 13.8 Å². The monoisotopic (exact) mass is 356 g/mol. The van der Waals surface area contributed by atoms with Crippen LogP contribution in [0.5, 0.6) is 0 Å². The number of nitrogens with zero attached hydrogens (tertiary/aromatic N) is 1. The molecular formula is C12H16F3N2O5P. The van der Waals surface area contributed by atoms with E-state index in [0.29, 0.717) is 12.1 Å². The Morgan fingerprint density at radius 3 is 2.26 bits per heavy atom. The predicted octanol–water partition coefficient (Wildman–Crippen LogP) is 4.25. The maximum absolute atomic E-state index is 12.6. The number of rotatable bonds is 8. The quantitative estimate of drug-likeness (QED) is 0.425. The van der Waals surface area contributed by atoms with Gasteiger partial charge in [-0.3, -0.25) is 14.7 Å². The Kier molecular flexibility index (Phi) is 6.55. The molecule has 11 heteroatoms. The second-order valence-corrected chi connectivity index (χ2v) is 6.32. The second kappa shape index (κ2) is 7.76. The third kappa shape index (κ3) is 5.49. The van der Waals surface area contributed by atoms with Crippen LogP contribution in [0, 0.1) is 10.1 Å². The molecule has 0 atom stereocenters. The first-order chi connectivity index (χ1) is 10.6. The van der Waals surface area contributed by atoms with Crippen LogP contribution in [0.2, 0.25) is 0 Å². The minimum absolute atomic E-state index is 0.0913. The second-order valence-electron chi connectivity index (χ2n) is 4.27. The molecule has 0 aliphatic heterocycles. The lowest BCUT2D eigenvalue weighted by Crippen LogP contribution is -2.11. The standard InChI is InChI=1S/C12H16F3N2O5P/c1-3-21-23(20,22-4-2)8-16-10-6-5-9(12(13,14)15)7-11(10)17(18)19/h5-7,16H,3-4,8H2,1-2H3. The smallest absolute Gasteiger partial charge is 0.368 e. The molecule has 23 heavy (non-hydrogen) atoms. The fourth-order valence-corrected chi connectivity index (χ4v) is 3.12. The molecule has 0 aliphatic carbocycles. The lowest BCUT2D eigenvalue weighted by molar-refractivity contribution is -0.384. The molecule has 0 heterocycles. The molecule has 130 valence electrons. The molecule has 0 bridgehead atoms. The van der Waals surface area contributed by atoms with E-state index in [4.69, 9.17) is 9.05 Å². The van der Waals surface area contributed by atoms with E-state index in [1.54, 1.807) is 13.8 Å². The summed E-state index contributed by atoms with van der Waals surface area (Å²) in [6.45, 7) is 3.36. The van der Waals surface area contributed by atoms with Gasteiger partial charge in [0.2, 0.25) is 0 Å². The lowest BCUT2D eigenvalue weighted by Gasteiger charge is -2.18. The summed E-state index contributed by atoms with van der Waals surface area (Å²) in [5.74, 6) is 0. The van der Waals surface area contributed by atoms with Crippen molar-refractivity contribution in [1.29, 1.82) is 0 Å². The predicted molar refractivity (Wildman–Crippen MR) is 77.4 cm³/mol. The average molecular weight is 356 g/mol. The fourth-order valence-electron chi connectivity index (χ4n) is 1.71. The van der Waals surface area contributed by atoms with Crippen LogP contribution in [-0.2, 0) is 19.8 Å². The normalized spacial score (nSPS) is 12.2. The minimum atomic E-state index is -4.70. The molecule has 0 fully saturated rings. The van der Waals surface area contributed by atoms with Gasteiger partial charge in [-0.15, -0.1) is 0 Å². The SMILES string of the molecule is CCOP(=O)(CNc1ccc(C(F)(F)F)cc1[N+](=O)[O-])OCC. The Hall–Kier alpha value is -1.64. The van der Waals surface area contributed by atoms with E-state index in [1.807, 2.05) is 0 Å². The van der Waals surface area contributed by atoms with Gasteiger partial charge in [-0.05, 0) is 26.0 Å². The number of anilines is 1. The number of hydrogen-bond donors (Lipinski definition) is 1. The van der Waals surface area contributed by atoms with Gasteiger partial charge in [0.15, 0.2) is 0 Å². The minimum Gasteiger partial charge on any atom is -0.368 e. The van der Waals surface area contributed by atoms with Crippen molar-refractivity contribution in [2.75, 3.05) is 24.8 Å². The highest BCUT2D eigenvalue weighted by atomic mass is 31.2. The highest BCUT2D eigenvalue weighted by molar-refractivity contribution is 7.53. The zero-order valence-electron chi connectivity index (χ0n) is 12.4. The summed E-state index contributed by atoms with van der Waals surface area (Å²) in [6.07, 6.45) is -5.10. The maximum atomic E-state index is 12.6. The van der Waals surface area contributed by atoms with E-state index in [9.17, 15) is 27.9 Å². The van der Waals surface area contributed by atoms with E-state index < -0.39 is 36.2 Å². The Morgan fingerprint density at radius 1 is 1.26 bits per heavy atom. The summed E-state index contributed by atoms with van der Waals surface area (Å²) >= 11 is 0. The topological polar surface area (TPSA) is 90.7 Å². The average Bonchev–Trinajstić information content (AvgIpc) is 2.44. The van der Waals surface area contributed by atoms with Gasteiger partial charge in [-0.2, -0.15) is 13.2 Å². The number of hydrogen-bond acceptors (Lipinski definition) is 6. The largest absolute Gasteiger partial charge is 0.416 e. The fraction of sp³-hybridized carbons (Fsp3) is 0.500. The van der Waals surface area contributed by atoms with Crippen molar-refractivity contribution < 1.29 is 31.7 Å². The van der Waals surface area contributed by atoms with Gasteiger partial charge in [0.25, 0.3) is 5.69 Å². The summed E-state index contributed by atoms with van der Waals surface area (Å²) in [5, 5.41) is 13.4. The molecule has 0 unspecified atom stereocenters. The maximum Gasteiger partial charge on any atom is 0.416 e. The van der Waals surface area contributed by atoms with Crippen LogP contribution in [0.15, 0.2) is 18.2 Å². The first kappa shape index (κ1) is 19.4. The molecule has 0 spiro atoms. The third-order valence-electron chi connectivity index (χ3n) is 2.64. The molecule has 1 aromatic carbocycles. The van der Waals surface area contributed by atoms with Crippen LogP contribution in [0.25, 0.3) is 0 Å².